The Morgan fingerprint density at radius 1 is 1.24 bits per heavy atom. The lowest BCUT2D eigenvalue weighted by Gasteiger charge is -2.17. The van der Waals surface area contributed by atoms with Gasteiger partial charge in [0.15, 0.2) is 5.16 Å². The van der Waals surface area contributed by atoms with Gasteiger partial charge < -0.3 is 9.47 Å². The van der Waals surface area contributed by atoms with Crippen LogP contribution >= 0.6 is 11.8 Å². The normalized spacial score (nSPS) is 17.4. The van der Waals surface area contributed by atoms with Gasteiger partial charge >= 0.3 is 0 Å². The molecule has 1 saturated heterocycles. The van der Waals surface area contributed by atoms with Crippen molar-refractivity contribution in [2.24, 2.45) is 0 Å². The number of likely N-dealkylation sites (tertiary alicyclic amines) is 1. The molecule has 0 atom stereocenters. The highest BCUT2D eigenvalue weighted by Gasteiger charge is 2.30. The largest absolute Gasteiger partial charge is 0.342 e. The Kier molecular flexibility index (Phi) is 4.27. The smallest absolute Gasteiger partial charge is 0.283 e. The lowest BCUT2D eigenvalue weighted by molar-refractivity contribution is -0.127. The highest BCUT2D eigenvalue weighted by Crippen LogP contribution is 2.39. The average molecular weight is 358 g/mol. The third-order valence-electron chi connectivity index (χ3n) is 4.87. The van der Waals surface area contributed by atoms with Gasteiger partial charge in [-0.2, -0.15) is 4.98 Å². The molecule has 0 bridgehead atoms. The Hall–Kier alpha value is -1.89. The lowest BCUT2D eigenvalue weighted by Crippen LogP contribution is -2.29. The van der Waals surface area contributed by atoms with Gasteiger partial charge in [-0.25, -0.2) is 4.98 Å². The topological polar surface area (TPSA) is 68.1 Å². The molecule has 2 fully saturated rings. The zero-order chi connectivity index (χ0) is 17.6. The minimum Gasteiger partial charge on any atom is -0.342 e. The molecule has 0 N–H and O–H groups in total. The Labute approximate surface area is 150 Å². The zero-order valence-electron chi connectivity index (χ0n) is 14.6. The number of pyridine rings is 1. The van der Waals surface area contributed by atoms with Crippen molar-refractivity contribution in [1.29, 1.82) is 0 Å². The second kappa shape index (κ2) is 6.44. The molecule has 6 nitrogen and oxygen atoms in total. The number of fused-ring (bicyclic) bond motifs is 1. The van der Waals surface area contributed by atoms with Crippen LogP contribution in [-0.4, -0.2) is 44.2 Å². The Morgan fingerprint density at radius 3 is 2.64 bits per heavy atom. The average Bonchev–Trinajstić information content (AvgIpc) is 3.23. The van der Waals surface area contributed by atoms with E-state index in [1.165, 1.54) is 11.8 Å². The first kappa shape index (κ1) is 16.6. The fraction of sp³-hybridized carbons (Fsp3) is 0.556. The third-order valence-corrected chi connectivity index (χ3v) is 5.80. The van der Waals surface area contributed by atoms with Gasteiger partial charge in [0.2, 0.25) is 5.91 Å². The van der Waals surface area contributed by atoms with Gasteiger partial charge in [-0.05, 0) is 51.2 Å². The van der Waals surface area contributed by atoms with Crippen molar-refractivity contribution < 1.29 is 4.79 Å². The van der Waals surface area contributed by atoms with Crippen LogP contribution < -0.4 is 5.56 Å². The number of hydrogen-bond acceptors (Lipinski definition) is 5. The molecule has 0 aromatic carbocycles. The minimum atomic E-state index is -0.243. The predicted octanol–water partition coefficient (Wildman–Crippen LogP) is 2.46. The van der Waals surface area contributed by atoms with Crippen molar-refractivity contribution >= 4 is 28.7 Å². The van der Waals surface area contributed by atoms with Crippen LogP contribution in [0.25, 0.3) is 11.0 Å². The van der Waals surface area contributed by atoms with Crippen molar-refractivity contribution in [3.63, 3.8) is 0 Å². The molecule has 0 spiro atoms. The molecule has 1 amide bonds. The summed E-state index contributed by atoms with van der Waals surface area (Å²) in [6.07, 6.45) is 4.31. The van der Waals surface area contributed by atoms with Gasteiger partial charge in [0.25, 0.3) is 5.56 Å². The van der Waals surface area contributed by atoms with E-state index in [0.29, 0.717) is 22.3 Å². The Bertz CT molecular complexity index is 898. The molecule has 132 valence electrons. The number of amides is 1. The number of hydrogen-bond donors (Lipinski definition) is 0. The molecular weight excluding hydrogens is 336 g/mol. The maximum atomic E-state index is 12.6. The van der Waals surface area contributed by atoms with E-state index in [1.54, 1.807) is 0 Å². The number of aryl methyl sites for hydroxylation is 2. The molecule has 3 heterocycles. The van der Waals surface area contributed by atoms with Gasteiger partial charge in [0, 0.05) is 24.8 Å². The molecule has 7 heteroatoms. The molecule has 1 aliphatic heterocycles. The molecule has 0 unspecified atom stereocenters. The van der Waals surface area contributed by atoms with Crippen molar-refractivity contribution in [3.8, 4) is 0 Å². The molecule has 0 radical (unpaired) electrons. The van der Waals surface area contributed by atoms with E-state index in [1.807, 2.05) is 24.8 Å². The van der Waals surface area contributed by atoms with Crippen LogP contribution in [0, 0.1) is 13.8 Å². The van der Waals surface area contributed by atoms with Gasteiger partial charge in [-0.1, -0.05) is 11.8 Å². The van der Waals surface area contributed by atoms with E-state index in [4.69, 9.17) is 0 Å². The highest BCUT2D eigenvalue weighted by atomic mass is 32.2. The van der Waals surface area contributed by atoms with Crippen molar-refractivity contribution in [3.05, 3.63) is 27.7 Å². The molecule has 1 aliphatic carbocycles. The van der Waals surface area contributed by atoms with Crippen LogP contribution in [0.4, 0.5) is 0 Å². The molecule has 2 aliphatic rings. The standard InChI is InChI=1S/C18H22N4O2S/c1-11-9-12(2)19-16-15(11)17(24)20-18(22(16)13-5-6-13)25-10-14(23)21-7-3-4-8-21/h9,13H,3-8,10H2,1-2H3. The summed E-state index contributed by atoms with van der Waals surface area (Å²) in [5.74, 6) is 0.461. The summed E-state index contributed by atoms with van der Waals surface area (Å²) in [6, 6.07) is 2.26. The van der Waals surface area contributed by atoms with E-state index >= 15 is 0 Å². The Morgan fingerprint density at radius 2 is 1.96 bits per heavy atom. The summed E-state index contributed by atoms with van der Waals surface area (Å²) in [5, 5.41) is 1.23. The lowest BCUT2D eigenvalue weighted by atomic mass is 10.2. The monoisotopic (exact) mass is 358 g/mol. The molecule has 1 saturated carbocycles. The van der Waals surface area contributed by atoms with E-state index in [-0.39, 0.29) is 11.5 Å². The Balaban J connectivity index is 1.72. The second-order valence-electron chi connectivity index (χ2n) is 6.96. The zero-order valence-corrected chi connectivity index (χ0v) is 15.4. The summed E-state index contributed by atoms with van der Waals surface area (Å²) in [6.45, 7) is 5.57. The van der Waals surface area contributed by atoms with Crippen LogP contribution in [-0.2, 0) is 4.79 Å². The van der Waals surface area contributed by atoms with Gasteiger partial charge in [0.05, 0.1) is 11.1 Å². The van der Waals surface area contributed by atoms with Crippen molar-refractivity contribution in [1.82, 2.24) is 19.4 Å². The highest BCUT2D eigenvalue weighted by molar-refractivity contribution is 7.99. The molecule has 4 rings (SSSR count). The van der Waals surface area contributed by atoms with Crippen LogP contribution in [0.15, 0.2) is 16.0 Å². The van der Waals surface area contributed by atoms with Gasteiger partial charge in [-0.15, -0.1) is 0 Å². The fourth-order valence-electron chi connectivity index (χ4n) is 3.49. The predicted molar refractivity (Wildman–Crippen MR) is 98.1 cm³/mol. The summed E-state index contributed by atoms with van der Waals surface area (Å²) in [4.78, 5) is 35.8. The summed E-state index contributed by atoms with van der Waals surface area (Å²) in [7, 11) is 0. The number of carbonyl (C=O) groups is 1. The number of aromatic nitrogens is 3. The number of nitrogens with zero attached hydrogens (tertiary/aromatic N) is 4. The minimum absolute atomic E-state index is 0.132. The maximum Gasteiger partial charge on any atom is 0.283 e. The van der Waals surface area contributed by atoms with Crippen LogP contribution in [0.5, 0.6) is 0 Å². The van der Waals surface area contributed by atoms with Crippen molar-refractivity contribution in [2.45, 2.75) is 50.7 Å². The van der Waals surface area contributed by atoms with E-state index in [2.05, 4.69) is 14.5 Å². The number of thioether (sulfide) groups is 1. The summed E-state index contributed by atoms with van der Waals surface area (Å²) < 4.78 is 2.08. The SMILES string of the molecule is Cc1cc(C)c2c(=O)nc(SCC(=O)N3CCCC3)n(C3CC3)c2n1. The first-order chi connectivity index (χ1) is 12.0. The summed E-state index contributed by atoms with van der Waals surface area (Å²) >= 11 is 1.37. The quantitative estimate of drug-likeness (QED) is 0.620. The first-order valence-electron chi connectivity index (χ1n) is 8.85. The van der Waals surface area contributed by atoms with Crippen LogP contribution in [0.3, 0.4) is 0 Å². The third kappa shape index (κ3) is 3.17. The second-order valence-corrected chi connectivity index (χ2v) is 7.90. The van der Waals surface area contributed by atoms with Gasteiger partial charge in [0.1, 0.15) is 5.65 Å². The molecule has 2 aromatic rings. The van der Waals surface area contributed by atoms with Crippen molar-refractivity contribution in [2.75, 3.05) is 18.8 Å². The molecule has 25 heavy (non-hydrogen) atoms. The maximum absolute atomic E-state index is 12.6. The van der Waals surface area contributed by atoms with Crippen LogP contribution in [0.2, 0.25) is 0 Å². The molecule has 2 aromatic heterocycles. The van der Waals surface area contributed by atoms with Crippen LogP contribution in [0.1, 0.15) is 43.0 Å². The van der Waals surface area contributed by atoms with E-state index in [0.717, 1.165) is 55.7 Å². The van der Waals surface area contributed by atoms with Gasteiger partial charge in [-0.3, -0.25) is 9.59 Å². The van der Waals surface area contributed by atoms with E-state index in [9.17, 15) is 9.59 Å². The first-order valence-corrected chi connectivity index (χ1v) is 9.84. The van der Waals surface area contributed by atoms with E-state index < -0.39 is 0 Å². The molecular formula is C18H22N4O2S. The number of carbonyl (C=O) groups excluding carboxylic acids is 1. The number of rotatable bonds is 4. The summed E-state index contributed by atoms with van der Waals surface area (Å²) in [5.41, 5.74) is 2.29. The fourth-order valence-corrected chi connectivity index (χ4v) is 4.45.